The molecule has 28 heavy (non-hydrogen) atoms. The number of carbonyl (C=O) groups excluding carboxylic acids is 2. The second kappa shape index (κ2) is 8.35. The highest BCUT2D eigenvalue weighted by molar-refractivity contribution is 5.89. The molecule has 150 valence electrons. The van der Waals surface area contributed by atoms with Gasteiger partial charge in [-0.25, -0.2) is 0 Å². The number of hydrogen-bond donors (Lipinski definition) is 1. The zero-order chi connectivity index (χ0) is 19.5. The van der Waals surface area contributed by atoms with E-state index in [4.69, 9.17) is 0 Å². The van der Waals surface area contributed by atoms with Crippen LogP contribution in [0.2, 0.25) is 0 Å². The first-order chi connectivity index (χ1) is 13.7. The number of amides is 2. The molecule has 0 atom stereocenters. The van der Waals surface area contributed by atoms with E-state index in [0.717, 1.165) is 62.0 Å². The Balaban J connectivity index is 1.29. The van der Waals surface area contributed by atoms with Gasteiger partial charge in [0.05, 0.1) is 6.42 Å². The van der Waals surface area contributed by atoms with Crippen LogP contribution in [0.25, 0.3) is 10.9 Å². The fourth-order valence-corrected chi connectivity index (χ4v) is 4.47. The molecule has 1 N–H and O–H groups in total. The van der Waals surface area contributed by atoms with Crippen LogP contribution in [0.5, 0.6) is 0 Å². The molecule has 2 fully saturated rings. The number of aromatic amines is 1. The van der Waals surface area contributed by atoms with Gasteiger partial charge in [-0.15, -0.1) is 0 Å². The van der Waals surface area contributed by atoms with Crippen molar-refractivity contribution in [2.75, 3.05) is 45.8 Å². The van der Waals surface area contributed by atoms with Crippen LogP contribution in [0.4, 0.5) is 0 Å². The molecule has 2 amide bonds. The van der Waals surface area contributed by atoms with Gasteiger partial charge in [0.2, 0.25) is 11.8 Å². The summed E-state index contributed by atoms with van der Waals surface area (Å²) in [5.74, 6) is 0.525. The third-order valence-corrected chi connectivity index (χ3v) is 6.34. The molecule has 2 saturated heterocycles. The lowest BCUT2D eigenvalue weighted by Gasteiger charge is -2.38. The molecule has 1 aromatic carbocycles. The molecule has 0 radical (unpaired) electrons. The predicted molar refractivity (Wildman–Crippen MR) is 110 cm³/mol. The van der Waals surface area contributed by atoms with Gasteiger partial charge in [-0.1, -0.05) is 25.1 Å². The van der Waals surface area contributed by atoms with E-state index in [2.05, 4.69) is 22.9 Å². The van der Waals surface area contributed by atoms with E-state index in [-0.39, 0.29) is 11.8 Å². The minimum atomic E-state index is 0.0744. The van der Waals surface area contributed by atoms with Crippen molar-refractivity contribution < 1.29 is 9.59 Å². The Morgan fingerprint density at radius 3 is 2.43 bits per heavy atom. The summed E-state index contributed by atoms with van der Waals surface area (Å²) in [6, 6.07) is 8.08. The van der Waals surface area contributed by atoms with Crippen molar-refractivity contribution in [1.82, 2.24) is 19.7 Å². The number of hydrogen-bond acceptors (Lipinski definition) is 3. The van der Waals surface area contributed by atoms with Crippen LogP contribution >= 0.6 is 0 Å². The van der Waals surface area contributed by atoms with E-state index in [1.54, 1.807) is 0 Å². The quantitative estimate of drug-likeness (QED) is 0.881. The Kier molecular flexibility index (Phi) is 5.67. The van der Waals surface area contributed by atoms with Crippen LogP contribution in [-0.2, 0) is 16.0 Å². The molecule has 6 nitrogen and oxygen atoms in total. The van der Waals surface area contributed by atoms with Gasteiger partial charge in [-0.2, -0.15) is 0 Å². The minimum absolute atomic E-state index is 0.0744. The van der Waals surface area contributed by atoms with Crippen LogP contribution in [0, 0.1) is 5.92 Å². The number of rotatable bonds is 4. The van der Waals surface area contributed by atoms with E-state index >= 15 is 0 Å². The number of likely N-dealkylation sites (N-methyl/N-ethyl adjacent to an activating group) is 1. The number of fused-ring (bicyclic) bond motifs is 1. The van der Waals surface area contributed by atoms with E-state index in [1.807, 2.05) is 34.2 Å². The van der Waals surface area contributed by atoms with Gasteiger partial charge in [-0.3, -0.25) is 9.59 Å². The lowest BCUT2D eigenvalue weighted by molar-refractivity contribution is -0.141. The number of aromatic nitrogens is 1. The molecule has 0 unspecified atom stereocenters. The van der Waals surface area contributed by atoms with E-state index in [1.165, 1.54) is 0 Å². The Morgan fingerprint density at radius 2 is 1.71 bits per heavy atom. The first-order valence-electron chi connectivity index (χ1n) is 10.5. The van der Waals surface area contributed by atoms with Crippen molar-refractivity contribution in [1.29, 1.82) is 0 Å². The molecular formula is C22H30N4O2. The minimum Gasteiger partial charge on any atom is -0.361 e. The highest BCUT2D eigenvalue weighted by Gasteiger charge is 2.31. The number of likely N-dealkylation sites (tertiary alicyclic amines) is 1. The number of H-pyrrole nitrogens is 1. The third kappa shape index (κ3) is 3.92. The van der Waals surface area contributed by atoms with Gasteiger partial charge in [0.1, 0.15) is 0 Å². The Labute approximate surface area is 166 Å². The van der Waals surface area contributed by atoms with E-state index in [0.29, 0.717) is 25.4 Å². The zero-order valence-corrected chi connectivity index (χ0v) is 16.7. The molecule has 1 aromatic heterocycles. The number of nitrogens with one attached hydrogen (secondary N) is 1. The molecule has 2 aromatic rings. The van der Waals surface area contributed by atoms with Crippen LogP contribution in [-0.4, -0.2) is 77.3 Å². The topological polar surface area (TPSA) is 59.6 Å². The van der Waals surface area contributed by atoms with Gasteiger partial charge in [-0.05, 0) is 31.0 Å². The van der Waals surface area contributed by atoms with Gasteiger partial charge in [0, 0.05) is 62.3 Å². The van der Waals surface area contributed by atoms with E-state index in [9.17, 15) is 9.59 Å². The second-order valence-corrected chi connectivity index (χ2v) is 7.95. The summed E-state index contributed by atoms with van der Waals surface area (Å²) in [5.41, 5.74) is 2.12. The van der Waals surface area contributed by atoms with Gasteiger partial charge in [0.25, 0.3) is 0 Å². The highest BCUT2D eigenvalue weighted by Crippen LogP contribution is 2.23. The van der Waals surface area contributed by atoms with Crippen LogP contribution in [0.1, 0.15) is 25.3 Å². The molecule has 0 saturated carbocycles. The predicted octanol–water partition coefficient (Wildman–Crippen LogP) is 2.11. The standard InChI is InChI=1S/C22H30N4O2/c1-2-24-11-13-26(14-12-24)22(28)17-7-9-25(10-8-17)21(27)15-18-16-23-20-6-4-3-5-19(18)20/h3-6,16-17,23H,2,7-15H2,1H3. The van der Waals surface area contributed by atoms with Crippen molar-refractivity contribution in [3.8, 4) is 0 Å². The number of benzene rings is 1. The summed E-state index contributed by atoms with van der Waals surface area (Å²) >= 11 is 0. The van der Waals surface area contributed by atoms with Crippen LogP contribution in [0.3, 0.4) is 0 Å². The monoisotopic (exact) mass is 382 g/mol. The molecule has 3 heterocycles. The average Bonchev–Trinajstić information content (AvgIpc) is 3.16. The number of piperazine rings is 1. The highest BCUT2D eigenvalue weighted by atomic mass is 16.2. The number of carbonyl (C=O) groups is 2. The van der Waals surface area contributed by atoms with Crippen molar-refractivity contribution >= 4 is 22.7 Å². The molecular weight excluding hydrogens is 352 g/mol. The van der Waals surface area contributed by atoms with Crippen molar-refractivity contribution in [2.45, 2.75) is 26.2 Å². The average molecular weight is 383 g/mol. The maximum Gasteiger partial charge on any atom is 0.227 e. The zero-order valence-electron chi connectivity index (χ0n) is 16.7. The van der Waals surface area contributed by atoms with Crippen molar-refractivity contribution in [3.05, 3.63) is 36.0 Å². The first-order valence-corrected chi connectivity index (χ1v) is 10.5. The molecule has 0 bridgehead atoms. The normalized spacial score (nSPS) is 19.3. The molecule has 2 aliphatic rings. The Morgan fingerprint density at radius 1 is 1.00 bits per heavy atom. The molecule has 2 aliphatic heterocycles. The molecule has 4 rings (SSSR count). The number of piperidine rings is 1. The van der Waals surface area contributed by atoms with Crippen LogP contribution < -0.4 is 0 Å². The fraction of sp³-hybridized carbons (Fsp3) is 0.545. The maximum absolute atomic E-state index is 12.8. The smallest absolute Gasteiger partial charge is 0.227 e. The first kappa shape index (κ1) is 19.0. The van der Waals surface area contributed by atoms with Gasteiger partial charge in [0.15, 0.2) is 0 Å². The summed E-state index contributed by atoms with van der Waals surface area (Å²) in [6.07, 6.45) is 3.93. The molecule has 6 heteroatoms. The fourth-order valence-electron chi connectivity index (χ4n) is 4.47. The lowest BCUT2D eigenvalue weighted by Crippen LogP contribution is -2.51. The number of para-hydroxylation sites is 1. The summed E-state index contributed by atoms with van der Waals surface area (Å²) < 4.78 is 0. The summed E-state index contributed by atoms with van der Waals surface area (Å²) in [7, 11) is 0. The Bertz CT molecular complexity index is 830. The maximum atomic E-state index is 12.8. The lowest BCUT2D eigenvalue weighted by atomic mass is 9.94. The summed E-state index contributed by atoms with van der Waals surface area (Å²) in [6.45, 7) is 8.23. The molecule has 0 spiro atoms. The van der Waals surface area contributed by atoms with Gasteiger partial charge >= 0.3 is 0 Å². The number of nitrogens with zero attached hydrogens (tertiary/aromatic N) is 3. The van der Waals surface area contributed by atoms with E-state index < -0.39 is 0 Å². The summed E-state index contributed by atoms with van der Waals surface area (Å²) in [4.78, 5) is 35.2. The third-order valence-electron chi connectivity index (χ3n) is 6.34. The largest absolute Gasteiger partial charge is 0.361 e. The second-order valence-electron chi connectivity index (χ2n) is 7.95. The van der Waals surface area contributed by atoms with Crippen molar-refractivity contribution in [3.63, 3.8) is 0 Å². The molecule has 0 aliphatic carbocycles. The summed E-state index contributed by atoms with van der Waals surface area (Å²) in [5, 5.41) is 1.12. The Hall–Kier alpha value is -2.34. The van der Waals surface area contributed by atoms with Crippen molar-refractivity contribution in [2.24, 2.45) is 5.92 Å². The van der Waals surface area contributed by atoms with Crippen LogP contribution in [0.15, 0.2) is 30.5 Å². The SMILES string of the molecule is CCN1CCN(C(=O)C2CCN(C(=O)Cc3c[nH]c4ccccc34)CC2)CC1. The van der Waals surface area contributed by atoms with Gasteiger partial charge < -0.3 is 19.7 Å².